The summed E-state index contributed by atoms with van der Waals surface area (Å²) < 4.78 is 13.1. The molecule has 1 spiro atoms. The van der Waals surface area contributed by atoms with E-state index in [9.17, 15) is 14.0 Å². The third-order valence-corrected chi connectivity index (χ3v) is 5.86. The van der Waals surface area contributed by atoms with Gasteiger partial charge < -0.3 is 10.2 Å². The first kappa shape index (κ1) is 17.3. The van der Waals surface area contributed by atoms with Gasteiger partial charge in [0.2, 0.25) is 0 Å². The van der Waals surface area contributed by atoms with Crippen LogP contribution in [0.2, 0.25) is 0 Å². The third kappa shape index (κ3) is 3.16. The van der Waals surface area contributed by atoms with Crippen molar-refractivity contribution < 1.29 is 14.0 Å². The van der Waals surface area contributed by atoms with Gasteiger partial charge in [-0.1, -0.05) is 19.3 Å². The molecule has 26 heavy (non-hydrogen) atoms. The van der Waals surface area contributed by atoms with Crippen LogP contribution in [0.4, 0.5) is 14.9 Å². The van der Waals surface area contributed by atoms with Crippen molar-refractivity contribution in [3.8, 4) is 0 Å². The van der Waals surface area contributed by atoms with Gasteiger partial charge in [-0.15, -0.1) is 0 Å². The van der Waals surface area contributed by atoms with Crippen molar-refractivity contribution in [2.75, 3.05) is 37.7 Å². The standard InChI is InChI=1S/C19H25FN4O2/c20-15-4-6-16(7-5-15)23-12-10-22(11-13-23)14-24-17(25)19(21-18(24)26)8-2-1-3-9-19/h4-7H,1-3,8-14H2,(H,21,26). The van der Waals surface area contributed by atoms with Gasteiger partial charge in [-0.3, -0.25) is 9.69 Å². The minimum Gasteiger partial charge on any atom is -0.369 e. The summed E-state index contributed by atoms with van der Waals surface area (Å²) in [6, 6.07) is 6.26. The predicted molar refractivity (Wildman–Crippen MR) is 96.2 cm³/mol. The molecule has 7 heteroatoms. The van der Waals surface area contributed by atoms with Crippen LogP contribution in [-0.2, 0) is 4.79 Å². The van der Waals surface area contributed by atoms with Gasteiger partial charge in [0.1, 0.15) is 11.4 Å². The lowest BCUT2D eigenvalue weighted by Crippen LogP contribution is -2.52. The highest BCUT2D eigenvalue weighted by Gasteiger charge is 2.51. The van der Waals surface area contributed by atoms with Crippen LogP contribution in [0.3, 0.4) is 0 Å². The molecule has 2 saturated heterocycles. The normalized spacial score (nSPS) is 23.6. The van der Waals surface area contributed by atoms with Gasteiger partial charge in [0.05, 0.1) is 6.67 Å². The van der Waals surface area contributed by atoms with E-state index < -0.39 is 5.54 Å². The molecular formula is C19H25FN4O2. The van der Waals surface area contributed by atoms with Crippen LogP contribution in [0.15, 0.2) is 24.3 Å². The number of rotatable bonds is 3. The van der Waals surface area contributed by atoms with Gasteiger partial charge in [-0.2, -0.15) is 0 Å². The second-order valence-corrected chi connectivity index (χ2v) is 7.53. The Hall–Kier alpha value is -2.15. The van der Waals surface area contributed by atoms with Crippen LogP contribution in [0, 0.1) is 5.82 Å². The largest absolute Gasteiger partial charge is 0.369 e. The number of anilines is 1. The van der Waals surface area contributed by atoms with Crippen LogP contribution in [0.25, 0.3) is 0 Å². The Bertz CT molecular complexity index is 679. The molecule has 1 aliphatic carbocycles. The highest BCUT2D eigenvalue weighted by atomic mass is 19.1. The number of nitrogens with zero attached hydrogens (tertiary/aromatic N) is 3. The van der Waals surface area contributed by atoms with Gasteiger partial charge in [0.25, 0.3) is 5.91 Å². The fourth-order valence-corrected chi connectivity index (χ4v) is 4.30. The molecule has 0 aromatic heterocycles. The van der Waals surface area contributed by atoms with Crippen molar-refractivity contribution >= 4 is 17.6 Å². The molecule has 1 N–H and O–H groups in total. The number of carbonyl (C=O) groups is 2. The zero-order valence-corrected chi connectivity index (χ0v) is 14.9. The minimum absolute atomic E-state index is 0.0526. The smallest absolute Gasteiger partial charge is 0.326 e. The zero-order chi connectivity index (χ0) is 18.1. The lowest BCUT2D eigenvalue weighted by Gasteiger charge is -2.37. The fourth-order valence-electron chi connectivity index (χ4n) is 4.30. The van der Waals surface area contributed by atoms with Crippen molar-refractivity contribution in [1.29, 1.82) is 0 Å². The average Bonchev–Trinajstić information content (AvgIpc) is 2.88. The molecule has 1 aromatic rings. The summed E-state index contributed by atoms with van der Waals surface area (Å²) in [4.78, 5) is 30.9. The lowest BCUT2D eigenvalue weighted by atomic mass is 9.82. The van der Waals surface area contributed by atoms with Gasteiger partial charge in [-0.25, -0.2) is 14.1 Å². The number of carbonyl (C=O) groups excluding carboxylic acids is 2. The third-order valence-electron chi connectivity index (χ3n) is 5.86. The molecule has 3 fully saturated rings. The molecule has 0 bridgehead atoms. The summed E-state index contributed by atoms with van der Waals surface area (Å²) >= 11 is 0. The number of urea groups is 1. The molecule has 0 unspecified atom stereocenters. The van der Waals surface area contributed by atoms with Gasteiger partial charge >= 0.3 is 6.03 Å². The Morgan fingerprint density at radius 1 is 0.962 bits per heavy atom. The second kappa shape index (κ2) is 6.87. The number of benzene rings is 1. The molecule has 1 saturated carbocycles. The maximum absolute atomic E-state index is 13.1. The Morgan fingerprint density at radius 2 is 1.62 bits per heavy atom. The monoisotopic (exact) mass is 360 g/mol. The predicted octanol–water partition coefficient (Wildman–Crippen LogP) is 2.16. The Balaban J connectivity index is 1.35. The molecule has 2 heterocycles. The van der Waals surface area contributed by atoms with E-state index in [1.807, 2.05) is 0 Å². The summed E-state index contributed by atoms with van der Waals surface area (Å²) in [5, 5.41) is 2.96. The van der Waals surface area contributed by atoms with Gasteiger partial charge in [-0.05, 0) is 37.1 Å². The number of imide groups is 1. The molecule has 1 aromatic carbocycles. The van der Waals surface area contributed by atoms with Crippen LogP contribution in [0.5, 0.6) is 0 Å². The van der Waals surface area contributed by atoms with E-state index in [1.54, 1.807) is 12.1 Å². The van der Waals surface area contributed by atoms with Crippen LogP contribution in [-0.4, -0.2) is 60.1 Å². The summed E-state index contributed by atoms with van der Waals surface area (Å²) in [5.74, 6) is -0.286. The summed E-state index contributed by atoms with van der Waals surface area (Å²) in [7, 11) is 0. The highest BCUT2D eigenvalue weighted by Crippen LogP contribution is 2.33. The molecule has 3 aliphatic rings. The summed E-state index contributed by atoms with van der Waals surface area (Å²) in [5.41, 5.74) is 0.354. The first-order valence-electron chi connectivity index (χ1n) is 9.44. The second-order valence-electron chi connectivity index (χ2n) is 7.53. The van der Waals surface area contributed by atoms with E-state index in [4.69, 9.17) is 0 Å². The number of nitrogens with one attached hydrogen (secondary N) is 1. The van der Waals surface area contributed by atoms with Gasteiger partial charge in [0.15, 0.2) is 0 Å². The van der Waals surface area contributed by atoms with Crippen molar-refractivity contribution in [3.63, 3.8) is 0 Å². The highest BCUT2D eigenvalue weighted by molar-refractivity contribution is 6.07. The van der Waals surface area contributed by atoms with E-state index in [0.717, 1.165) is 64.0 Å². The molecule has 140 valence electrons. The Labute approximate surface area is 152 Å². The maximum atomic E-state index is 13.1. The van der Waals surface area contributed by atoms with Gasteiger partial charge in [0, 0.05) is 31.9 Å². The minimum atomic E-state index is -0.648. The topological polar surface area (TPSA) is 55.9 Å². The number of hydrogen-bond donors (Lipinski definition) is 1. The number of piperazine rings is 1. The summed E-state index contributed by atoms with van der Waals surface area (Å²) in [6.45, 7) is 3.47. The van der Waals surface area contributed by atoms with Crippen molar-refractivity contribution in [2.24, 2.45) is 0 Å². The molecule has 6 nitrogen and oxygen atoms in total. The quantitative estimate of drug-likeness (QED) is 0.840. The molecule has 0 radical (unpaired) electrons. The molecular weight excluding hydrogens is 335 g/mol. The van der Waals surface area contributed by atoms with E-state index in [1.165, 1.54) is 17.0 Å². The number of amides is 3. The zero-order valence-electron chi connectivity index (χ0n) is 14.9. The van der Waals surface area contributed by atoms with Crippen LogP contribution < -0.4 is 10.2 Å². The van der Waals surface area contributed by atoms with E-state index in [0.29, 0.717) is 6.67 Å². The maximum Gasteiger partial charge on any atom is 0.326 e. The fraction of sp³-hybridized carbons (Fsp3) is 0.579. The summed E-state index contributed by atoms with van der Waals surface area (Å²) in [6.07, 6.45) is 4.64. The molecule has 2 aliphatic heterocycles. The van der Waals surface area contributed by atoms with E-state index in [2.05, 4.69) is 15.1 Å². The average molecular weight is 360 g/mol. The van der Waals surface area contributed by atoms with Crippen molar-refractivity contribution in [2.45, 2.75) is 37.6 Å². The Kier molecular flexibility index (Phi) is 4.56. The van der Waals surface area contributed by atoms with Crippen LogP contribution >= 0.6 is 0 Å². The molecule has 4 rings (SSSR count). The molecule has 0 atom stereocenters. The van der Waals surface area contributed by atoms with Crippen LogP contribution in [0.1, 0.15) is 32.1 Å². The molecule has 3 amide bonds. The van der Waals surface area contributed by atoms with E-state index >= 15 is 0 Å². The van der Waals surface area contributed by atoms with Crippen molar-refractivity contribution in [1.82, 2.24) is 15.1 Å². The lowest BCUT2D eigenvalue weighted by molar-refractivity contribution is -0.133. The van der Waals surface area contributed by atoms with Crippen molar-refractivity contribution in [3.05, 3.63) is 30.1 Å². The SMILES string of the molecule is O=C1NC2(CCCCC2)C(=O)N1CN1CCN(c2ccc(F)cc2)CC1. The number of halogens is 1. The van der Waals surface area contributed by atoms with E-state index in [-0.39, 0.29) is 17.8 Å². The first-order valence-corrected chi connectivity index (χ1v) is 9.44. The Morgan fingerprint density at radius 3 is 2.27 bits per heavy atom. The number of hydrogen-bond acceptors (Lipinski definition) is 4. The first-order chi connectivity index (χ1) is 12.6.